The van der Waals surface area contributed by atoms with Crippen molar-refractivity contribution in [3.05, 3.63) is 11.9 Å². The van der Waals surface area contributed by atoms with Crippen LogP contribution in [0.25, 0.3) is 0 Å². The SMILES string of the molecule is CCCCCCCCC/C=C(/C)F. The maximum absolute atomic E-state index is 12.2. The first kappa shape index (κ1) is 12.7. The van der Waals surface area contributed by atoms with Crippen molar-refractivity contribution < 1.29 is 4.39 Å². The fourth-order valence-electron chi connectivity index (χ4n) is 1.40. The number of rotatable bonds is 8. The zero-order chi connectivity index (χ0) is 9.94. The third-order valence-electron chi connectivity index (χ3n) is 2.23. The maximum Gasteiger partial charge on any atom is 0.0928 e. The van der Waals surface area contributed by atoms with Crippen LogP contribution < -0.4 is 0 Å². The molecule has 0 aromatic carbocycles. The van der Waals surface area contributed by atoms with Gasteiger partial charge in [0.2, 0.25) is 0 Å². The molecule has 0 aliphatic rings. The van der Waals surface area contributed by atoms with Crippen molar-refractivity contribution in [1.29, 1.82) is 0 Å². The summed E-state index contributed by atoms with van der Waals surface area (Å²) in [5.74, 6) is -0.0361. The van der Waals surface area contributed by atoms with E-state index < -0.39 is 0 Å². The molecule has 0 amide bonds. The number of unbranched alkanes of at least 4 members (excludes halogenated alkanes) is 7. The Labute approximate surface area is 82.2 Å². The fraction of sp³-hybridized carbons (Fsp3) is 0.833. The summed E-state index contributed by atoms with van der Waals surface area (Å²) in [6, 6.07) is 0. The van der Waals surface area contributed by atoms with Crippen molar-refractivity contribution in [2.75, 3.05) is 0 Å². The zero-order valence-corrected chi connectivity index (χ0v) is 9.11. The third kappa shape index (κ3) is 11.7. The van der Waals surface area contributed by atoms with Gasteiger partial charge in [0.25, 0.3) is 0 Å². The molecular formula is C12H23F. The van der Waals surface area contributed by atoms with E-state index in [-0.39, 0.29) is 5.83 Å². The van der Waals surface area contributed by atoms with Crippen LogP contribution in [0, 0.1) is 0 Å². The first-order valence-corrected chi connectivity index (χ1v) is 5.59. The van der Waals surface area contributed by atoms with Crippen LogP contribution in [0.1, 0.15) is 65.2 Å². The van der Waals surface area contributed by atoms with Gasteiger partial charge in [0, 0.05) is 0 Å². The Bertz CT molecular complexity index is 123. The standard InChI is InChI=1S/C12H23F/c1-3-4-5-6-7-8-9-10-11-12(2)13/h11H,3-10H2,1-2H3/b12-11-. The molecule has 0 aromatic rings. The summed E-state index contributed by atoms with van der Waals surface area (Å²) in [6.07, 6.45) is 11.7. The van der Waals surface area contributed by atoms with Crippen molar-refractivity contribution in [2.45, 2.75) is 65.2 Å². The molecule has 0 rings (SSSR count). The van der Waals surface area contributed by atoms with Crippen LogP contribution in [0.3, 0.4) is 0 Å². The molecule has 0 heterocycles. The molecule has 0 atom stereocenters. The summed E-state index contributed by atoms with van der Waals surface area (Å²) in [4.78, 5) is 0. The molecule has 78 valence electrons. The van der Waals surface area contributed by atoms with Crippen LogP contribution in [0.4, 0.5) is 4.39 Å². The maximum atomic E-state index is 12.2. The lowest BCUT2D eigenvalue weighted by Gasteiger charge is -1.98. The van der Waals surface area contributed by atoms with Gasteiger partial charge in [-0.1, -0.05) is 51.5 Å². The molecule has 0 saturated carbocycles. The minimum atomic E-state index is -0.0361. The molecule has 0 aliphatic carbocycles. The van der Waals surface area contributed by atoms with Crippen molar-refractivity contribution >= 4 is 0 Å². The Morgan fingerprint density at radius 3 is 2.08 bits per heavy atom. The second kappa shape index (κ2) is 9.76. The number of hydrogen-bond donors (Lipinski definition) is 0. The van der Waals surface area contributed by atoms with Gasteiger partial charge in [0.15, 0.2) is 0 Å². The second-order valence-electron chi connectivity index (χ2n) is 3.70. The first-order chi connectivity index (χ1) is 6.27. The Balaban J connectivity index is 2.96. The van der Waals surface area contributed by atoms with E-state index >= 15 is 0 Å². The molecule has 0 saturated heterocycles. The molecule has 0 N–H and O–H groups in total. The Morgan fingerprint density at radius 1 is 1.00 bits per heavy atom. The zero-order valence-electron chi connectivity index (χ0n) is 9.11. The van der Waals surface area contributed by atoms with Crippen molar-refractivity contribution in [3.8, 4) is 0 Å². The predicted molar refractivity (Wildman–Crippen MR) is 57.5 cm³/mol. The topological polar surface area (TPSA) is 0 Å². The van der Waals surface area contributed by atoms with Crippen LogP contribution in [-0.4, -0.2) is 0 Å². The molecule has 13 heavy (non-hydrogen) atoms. The second-order valence-corrected chi connectivity index (χ2v) is 3.70. The summed E-state index contributed by atoms with van der Waals surface area (Å²) in [5, 5.41) is 0. The highest BCUT2D eigenvalue weighted by atomic mass is 19.1. The number of hydrogen-bond acceptors (Lipinski definition) is 0. The van der Waals surface area contributed by atoms with Gasteiger partial charge >= 0.3 is 0 Å². The van der Waals surface area contributed by atoms with E-state index in [1.54, 1.807) is 6.08 Å². The van der Waals surface area contributed by atoms with Crippen LogP contribution in [0.5, 0.6) is 0 Å². The monoisotopic (exact) mass is 186 g/mol. The molecule has 0 bridgehead atoms. The largest absolute Gasteiger partial charge is 0.212 e. The highest BCUT2D eigenvalue weighted by Gasteiger charge is 1.89. The van der Waals surface area contributed by atoms with Gasteiger partial charge in [-0.25, -0.2) is 4.39 Å². The average molecular weight is 186 g/mol. The van der Waals surface area contributed by atoms with Gasteiger partial charge < -0.3 is 0 Å². The molecule has 0 fully saturated rings. The minimum Gasteiger partial charge on any atom is -0.212 e. The van der Waals surface area contributed by atoms with Gasteiger partial charge in [-0.3, -0.25) is 0 Å². The number of allylic oxidation sites excluding steroid dienone is 2. The first-order valence-electron chi connectivity index (χ1n) is 5.59. The van der Waals surface area contributed by atoms with E-state index in [2.05, 4.69) is 6.92 Å². The third-order valence-corrected chi connectivity index (χ3v) is 2.23. The van der Waals surface area contributed by atoms with Gasteiger partial charge in [-0.2, -0.15) is 0 Å². The smallest absolute Gasteiger partial charge is 0.0928 e. The van der Waals surface area contributed by atoms with Crippen LogP contribution in [-0.2, 0) is 0 Å². The summed E-state index contributed by atoms with van der Waals surface area (Å²) >= 11 is 0. The molecule has 0 radical (unpaired) electrons. The normalized spacial score (nSPS) is 12.1. The molecule has 0 unspecified atom stereocenters. The summed E-state index contributed by atoms with van der Waals surface area (Å²) in [6.45, 7) is 3.75. The summed E-state index contributed by atoms with van der Waals surface area (Å²) in [5.41, 5.74) is 0. The Kier molecular flexibility index (Phi) is 9.51. The quantitative estimate of drug-likeness (QED) is 0.468. The van der Waals surface area contributed by atoms with Gasteiger partial charge in [0.1, 0.15) is 0 Å². The molecule has 0 aromatic heterocycles. The van der Waals surface area contributed by atoms with Gasteiger partial charge in [-0.15, -0.1) is 0 Å². The number of halogens is 1. The molecular weight excluding hydrogens is 163 g/mol. The van der Waals surface area contributed by atoms with Crippen LogP contribution in [0.15, 0.2) is 11.9 Å². The van der Waals surface area contributed by atoms with E-state index in [0.717, 1.165) is 12.8 Å². The lowest BCUT2D eigenvalue weighted by molar-refractivity contribution is 0.585. The van der Waals surface area contributed by atoms with Crippen molar-refractivity contribution in [1.82, 2.24) is 0 Å². The van der Waals surface area contributed by atoms with Crippen molar-refractivity contribution in [2.24, 2.45) is 0 Å². The molecule has 0 nitrogen and oxygen atoms in total. The van der Waals surface area contributed by atoms with E-state index in [1.165, 1.54) is 45.4 Å². The van der Waals surface area contributed by atoms with E-state index in [4.69, 9.17) is 0 Å². The molecule has 1 heteroatoms. The average Bonchev–Trinajstić information content (AvgIpc) is 2.09. The van der Waals surface area contributed by atoms with E-state index in [0.29, 0.717) is 0 Å². The summed E-state index contributed by atoms with van der Waals surface area (Å²) in [7, 11) is 0. The van der Waals surface area contributed by atoms with Crippen molar-refractivity contribution in [3.63, 3.8) is 0 Å². The molecule has 0 aliphatic heterocycles. The lowest BCUT2D eigenvalue weighted by atomic mass is 10.1. The minimum absolute atomic E-state index is 0.0361. The van der Waals surface area contributed by atoms with E-state index in [9.17, 15) is 4.39 Å². The highest BCUT2D eigenvalue weighted by Crippen LogP contribution is 2.09. The van der Waals surface area contributed by atoms with Crippen LogP contribution >= 0.6 is 0 Å². The van der Waals surface area contributed by atoms with Gasteiger partial charge in [0.05, 0.1) is 5.83 Å². The van der Waals surface area contributed by atoms with Gasteiger partial charge in [-0.05, 0) is 19.8 Å². The lowest BCUT2D eigenvalue weighted by Crippen LogP contribution is -1.79. The predicted octanol–water partition coefficient (Wildman–Crippen LogP) is 5.00. The Morgan fingerprint density at radius 2 is 1.54 bits per heavy atom. The highest BCUT2D eigenvalue weighted by molar-refractivity contribution is 4.85. The summed E-state index contributed by atoms with van der Waals surface area (Å²) < 4.78 is 12.2. The Hall–Kier alpha value is -0.330. The van der Waals surface area contributed by atoms with Crippen LogP contribution in [0.2, 0.25) is 0 Å². The van der Waals surface area contributed by atoms with E-state index in [1.807, 2.05) is 0 Å². The molecule has 0 spiro atoms. The fourth-order valence-corrected chi connectivity index (χ4v) is 1.40.